The monoisotopic (exact) mass is 334 g/mol. The number of nitrogens with zero attached hydrogens (tertiary/aromatic N) is 2. The highest BCUT2D eigenvalue weighted by Crippen LogP contribution is 2.34. The van der Waals surface area contributed by atoms with Crippen molar-refractivity contribution in [3.05, 3.63) is 65.2 Å². The fourth-order valence-corrected chi connectivity index (χ4v) is 2.87. The first-order chi connectivity index (χ1) is 11.5. The van der Waals surface area contributed by atoms with Gasteiger partial charge >= 0.3 is 0 Å². The van der Waals surface area contributed by atoms with E-state index in [-0.39, 0.29) is 16.9 Å². The summed E-state index contributed by atoms with van der Waals surface area (Å²) in [5, 5.41) is 9.91. The minimum atomic E-state index is -0.314. The molecule has 2 heteroatoms. The quantitative estimate of drug-likeness (QED) is 0.690. The Kier molecular flexibility index (Phi) is 5.28. The van der Waals surface area contributed by atoms with Crippen LogP contribution in [0, 0.1) is 11.3 Å². The second kappa shape index (κ2) is 6.92. The minimum Gasteiger partial charge on any atom is -0.355 e. The van der Waals surface area contributed by atoms with Crippen molar-refractivity contribution in [2.45, 2.75) is 58.4 Å². The van der Waals surface area contributed by atoms with Crippen LogP contribution in [0.25, 0.3) is 0 Å². The highest BCUT2D eigenvalue weighted by atomic mass is 15.1. The fraction of sp³-hybridized carbons (Fsp3) is 0.435. The van der Waals surface area contributed by atoms with Crippen molar-refractivity contribution in [3.63, 3.8) is 0 Å². The van der Waals surface area contributed by atoms with Crippen LogP contribution in [0.2, 0.25) is 0 Å². The second-order valence-electron chi connectivity index (χ2n) is 8.82. The Balaban J connectivity index is 2.57. The minimum absolute atomic E-state index is 0.0430. The molecule has 2 nitrogen and oxygen atoms in total. The SMILES string of the molecule is CN(c1ccccc1)[C@H](C#N)c1cc(C(C)(C)C)cc(C(C)(C)C)c1. The number of hydrogen-bond donors (Lipinski definition) is 0. The molecule has 2 rings (SSSR count). The van der Waals surface area contributed by atoms with E-state index < -0.39 is 0 Å². The molecule has 0 spiro atoms. The molecule has 0 aliphatic carbocycles. The number of benzene rings is 2. The van der Waals surface area contributed by atoms with Crippen molar-refractivity contribution in [3.8, 4) is 6.07 Å². The van der Waals surface area contributed by atoms with Gasteiger partial charge in [0.25, 0.3) is 0 Å². The van der Waals surface area contributed by atoms with E-state index in [0.717, 1.165) is 11.3 Å². The first-order valence-corrected chi connectivity index (χ1v) is 8.87. The highest BCUT2D eigenvalue weighted by molar-refractivity contribution is 5.51. The van der Waals surface area contributed by atoms with Crippen molar-refractivity contribution in [1.82, 2.24) is 0 Å². The molecule has 0 N–H and O–H groups in total. The molecule has 2 aromatic carbocycles. The zero-order valence-electron chi connectivity index (χ0n) is 16.6. The first kappa shape index (κ1) is 19.1. The average Bonchev–Trinajstić information content (AvgIpc) is 2.54. The molecule has 0 bridgehead atoms. The molecule has 0 aliphatic heterocycles. The van der Waals surface area contributed by atoms with Gasteiger partial charge in [-0.1, -0.05) is 77.9 Å². The summed E-state index contributed by atoms with van der Waals surface area (Å²) < 4.78 is 0. The normalized spacial score (nSPS) is 13.2. The standard InChI is InChI=1S/C23H30N2/c1-22(2,3)18-13-17(14-19(15-18)23(4,5)6)21(16-24)25(7)20-11-9-8-10-12-20/h8-15,21H,1-7H3/t21-/m1/s1. The lowest BCUT2D eigenvalue weighted by molar-refractivity contribution is 0.565. The van der Waals surface area contributed by atoms with E-state index in [1.165, 1.54) is 11.1 Å². The van der Waals surface area contributed by atoms with Crippen LogP contribution in [0.15, 0.2) is 48.5 Å². The fourth-order valence-electron chi connectivity index (χ4n) is 2.87. The van der Waals surface area contributed by atoms with Crippen LogP contribution in [-0.4, -0.2) is 7.05 Å². The average molecular weight is 335 g/mol. The molecule has 0 fully saturated rings. The van der Waals surface area contributed by atoms with Gasteiger partial charge in [0.15, 0.2) is 0 Å². The highest BCUT2D eigenvalue weighted by Gasteiger charge is 2.24. The maximum absolute atomic E-state index is 9.91. The third-order valence-electron chi connectivity index (χ3n) is 4.68. The lowest BCUT2D eigenvalue weighted by Gasteiger charge is -2.30. The molecule has 0 saturated carbocycles. The van der Waals surface area contributed by atoms with E-state index in [4.69, 9.17) is 0 Å². The molecule has 132 valence electrons. The van der Waals surface area contributed by atoms with Crippen LogP contribution < -0.4 is 4.90 Å². The Hall–Kier alpha value is -2.27. The van der Waals surface area contributed by atoms with Gasteiger partial charge in [-0.15, -0.1) is 0 Å². The predicted molar refractivity (Wildman–Crippen MR) is 107 cm³/mol. The Morgan fingerprint density at radius 1 is 0.840 bits per heavy atom. The molecule has 2 aromatic rings. The smallest absolute Gasteiger partial charge is 0.142 e. The molecule has 0 unspecified atom stereocenters. The summed E-state index contributed by atoms with van der Waals surface area (Å²) in [6.07, 6.45) is 0. The topological polar surface area (TPSA) is 27.0 Å². The van der Waals surface area contributed by atoms with Gasteiger partial charge < -0.3 is 4.90 Å². The molecule has 0 saturated heterocycles. The summed E-state index contributed by atoms with van der Waals surface area (Å²) in [6.45, 7) is 13.3. The van der Waals surface area contributed by atoms with Gasteiger partial charge in [-0.3, -0.25) is 0 Å². The zero-order chi connectivity index (χ0) is 18.8. The van der Waals surface area contributed by atoms with Crippen LogP contribution in [-0.2, 0) is 10.8 Å². The summed E-state index contributed by atoms with van der Waals surface area (Å²) in [4.78, 5) is 2.05. The number of rotatable bonds is 3. The van der Waals surface area contributed by atoms with Gasteiger partial charge in [0, 0.05) is 12.7 Å². The maximum Gasteiger partial charge on any atom is 0.142 e. The molecule has 1 atom stereocenters. The lowest BCUT2D eigenvalue weighted by atomic mass is 9.79. The first-order valence-electron chi connectivity index (χ1n) is 8.87. The van der Waals surface area contributed by atoms with E-state index in [9.17, 15) is 5.26 Å². The number of nitriles is 1. The van der Waals surface area contributed by atoms with Crippen molar-refractivity contribution in [2.24, 2.45) is 0 Å². The third kappa shape index (κ3) is 4.42. The van der Waals surface area contributed by atoms with Gasteiger partial charge in [0.2, 0.25) is 0 Å². The van der Waals surface area contributed by atoms with Gasteiger partial charge in [-0.2, -0.15) is 5.26 Å². The molecule has 0 aromatic heterocycles. The Morgan fingerprint density at radius 3 is 1.72 bits per heavy atom. The van der Waals surface area contributed by atoms with Crippen molar-refractivity contribution >= 4 is 5.69 Å². The van der Waals surface area contributed by atoms with Crippen LogP contribution in [0.5, 0.6) is 0 Å². The number of hydrogen-bond acceptors (Lipinski definition) is 2. The van der Waals surface area contributed by atoms with Crippen LogP contribution >= 0.6 is 0 Å². The summed E-state index contributed by atoms with van der Waals surface area (Å²) in [5.74, 6) is 0. The molecule has 0 amide bonds. The van der Waals surface area contributed by atoms with Gasteiger partial charge in [-0.05, 0) is 39.7 Å². The number of anilines is 1. The third-order valence-corrected chi connectivity index (χ3v) is 4.68. The predicted octanol–water partition coefficient (Wildman–Crippen LogP) is 5.98. The molecular weight excluding hydrogens is 304 g/mol. The maximum atomic E-state index is 9.91. The van der Waals surface area contributed by atoms with E-state index in [0.29, 0.717) is 0 Å². The van der Waals surface area contributed by atoms with Crippen molar-refractivity contribution < 1.29 is 0 Å². The van der Waals surface area contributed by atoms with Crippen LogP contribution in [0.3, 0.4) is 0 Å². The summed E-state index contributed by atoms with van der Waals surface area (Å²) >= 11 is 0. The molecular formula is C23H30N2. The van der Waals surface area contributed by atoms with E-state index >= 15 is 0 Å². The van der Waals surface area contributed by atoms with Gasteiger partial charge in [-0.25, -0.2) is 0 Å². The van der Waals surface area contributed by atoms with Crippen LogP contribution in [0.4, 0.5) is 5.69 Å². The van der Waals surface area contributed by atoms with Crippen molar-refractivity contribution in [2.75, 3.05) is 11.9 Å². The van der Waals surface area contributed by atoms with Crippen molar-refractivity contribution in [1.29, 1.82) is 5.26 Å². The molecule has 25 heavy (non-hydrogen) atoms. The summed E-state index contributed by atoms with van der Waals surface area (Å²) in [6, 6.07) is 19.0. The zero-order valence-corrected chi connectivity index (χ0v) is 16.6. The summed E-state index contributed by atoms with van der Waals surface area (Å²) in [7, 11) is 1.99. The Bertz CT molecular complexity index is 723. The second-order valence-corrected chi connectivity index (χ2v) is 8.82. The molecule has 0 aliphatic rings. The largest absolute Gasteiger partial charge is 0.355 e. The van der Waals surface area contributed by atoms with E-state index in [1.807, 2.05) is 42.3 Å². The summed E-state index contributed by atoms with van der Waals surface area (Å²) in [5.41, 5.74) is 4.75. The van der Waals surface area contributed by atoms with Gasteiger partial charge in [0.05, 0.1) is 6.07 Å². The Morgan fingerprint density at radius 2 is 1.32 bits per heavy atom. The van der Waals surface area contributed by atoms with Gasteiger partial charge in [0.1, 0.15) is 6.04 Å². The van der Waals surface area contributed by atoms with Crippen LogP contribution in [0.1, 0.15) is 64.3 Å². The molecule has 0 radical (unpaired) electrons. The molecule has 0 heterocycles. The Labute approximate surface area is 153 Å². The van der Waals surface area contributed by atoms with E-state index in [2.05, 4.69) is 65.8 Å². The lowest BCUT2D eigenvalue weighted by Crippen LogP contribution is -2.25. The number of para-hydroxylation sites is 1. The van der Waals surface area contributed by atoms with E-state index in [1.54, 1.807) is 0 Å².